The van der Waals surface area contributed by atoms with Crippen LogP contribution < -0.4 is 5.11 Å². The summed E-state index contributed by atoms with van der Waals surface area (Å²) in [6.45, 7) is 0. The quantitative estimate of drug-likeness (QED) is 0.480. The first-order chi connectivity index (χ1) is 6.36. The Morgan fingerprint density at radius 3 is 3.15 bits per heavy atom. The first kappa shape index (κ1) is 7.47. The molecule has 2 aromatic rings. The van der Waals surface area contributed by atoms with E-state index in [1.165, 1.54) is 12.3 Å². The minimum Gasteiger partial charge on any atom is -0.856 e. The number of rotatable bonds is 2. The van der Waals surface area contributed by atoms with Gasteiger partial charge in [0.05, 0.1) is 6.26 Å². The number of tetrazole rings is 1. The van der Waals surface area contributed by atoms with E-state index < -0.39 is 5.90 Å². The van der Waals surface area contributed by atoms with E-state index in [2.05, 4.69) is 25.6 Å². The molecular weight excluding hydrogens is 174 g/mol. The molecule has 0 aliphatic carbocycles. The fourth-order valence-corrected chi connectivity index (χ4v) is 0.750. The van der Waals surface area contributed by atoms with E-state index in [4.69, 9.17) is 4.42 Å². The molecule has 0 amide bonds. The summed E-state index contributed by atoms with van der Waals surface area (Å²) in [5.41, 5.74) is 0. The SMILES string of the molecule is [O-]C(=Nc1nn[nH]n1)c1ccco1. The zero-order chi connectivity index (χ0) is 9.10. The van der Waals surface area contributed by atoms with Gasteiger partial charge < -0.3 is 9.52 Å². The Bertz CT molecular complexity index is 391. The predicted octanol–water partition coefficient (Wildman–Crippen LogP) is -0.769. The molecule has 0 aliphatic rings. The van der Waals surface area contributed by atoms with E-state index in [-0.39, 0.29) is 11.7 Å². The van der Waals surface area contributed by atoms with Crippen molar-refractivity contribution in [2.75, 3.05) is 0 Å². The number of hydrogen-bond acceptors (Lipinski definition) is 6. The minimum atomic E-state index is -0.536. The average Bonchev–Trinajstić information content (AvgIpc) is 2.74. The van der Waals surface area contributed by atoms with E-state index in [1.54, 1.807) is 6.07 Å². The van der Waals surface area contributed by atoms with E-state index in [1.807, 2.05) is 0 Å². The molecule has 0 fully saturated rings. The second-order valence-electron chi connectivity index (χ2n) is 2.11. The molecule has 0 saturated heterocycles. The zero-order valence-corrected chi connectivity index (χ0v) is 6.34. The molecule has 0 bridgehead atoms. The van der Waals surface area contributed by atoms with Gasteiger partial charge in [0.25, 0.3) is 5.95 Å². The van der Waals surface area contributed by atoms with Crippen LogP contribution in [0.4, 0.5) is 5.95 Å². The summed E-state index contributed by atoms with van der Waals surface area (Å²) in [5.74, 6) is -0.405. The van der Waals surface area contributed by atoms with Gasteiger partial charge in [0.1, 0.15) is 5.76 Å². The van der Waals surface area contributed by atoms with Crippen molar-refractivity contribution in [3.63, 3.8) is 0 Å². The van der Waals surface area contributed by atoms with Crippen LogP contribution in [0.25, 0.3) is 0 Å². The van der Waals surface area contributed by atoms with Gasteiger partial charge in [-0.3, -0.25) is 0 Å². The summed E-state index contributed by atoms with van der Waals surface area (Å²) in [6.07, 6.45) is 1.39. The Morgan fingerprint density at radius 1 is 1.62 bits per heavy atom. The first-order valence-corrected chi connectivity index (χ1v) is 3.39. The largest absolute Gasteiger partial charge is 0.856 e. The van der Waals surface area contributed by atoms with E-state index in [0.717, 1.165) is 0 Å². The molecule has 2 aromatic heterocycles. The molecule has 0 unspecified atom stereocenters. The molecule has 0 spiro atoms. The van der Waals surface area contributed by atoms with Crippen molar-refractivity contribution in [3.8, 4) is 0 Å². The molecule has 0 radical (unpaired) electrons. The Morgan fingerprint density at radius 2 is 2.54 bits per heavy atom. The third kappa shape index (κ3) is 1.53. The monoisotopic (exact) mass is 178 g/mol. The molecule has 7 heteroatoms. The number of aromatic nitrogens is 4. The average molecular weight is 178 g/mol. The van der Waals surface area contributed by atoms with Crippen molar-refractivity contribution >= 4 is 11.8 Å². The number of H-pyrrole nitrogens is 1. The number of hydrogen-bond donors (Lipinski definition) is 1. The van der Waals surface area contributed by atoms with Gasteiger partial charge in [0.2, 0.25) is 0 Å². The van der Waals surface area contributed by atoms with Gasteiger partial charge in [0.15, 0.2) is 0 Å². The summed E-state index contributed by atoms with van der Waals surface area (Å²) in [5, 5.41) is 23.6. The predicted molar refractivity (Wildman–Crippen MR) is 39.1 cm³/mol. The Labute approximate surface area is 72.1 Å². The van der Waals surface area contributed by atoms with Crippen molar-refractivity contribution in [3.05, 3.63) is 24.2 Å². The molecule has 0 saturated carbocycles. The maximum Gasteiger partial charge on any atom is 0.288 e. The minimum absolute atomic E-state index is 0.0126. The maximum absolute atomic E-state index is 11.2. The van der Waals surface area contributed by atoms with Gasteiger partial charge in [-0.05, 0) is 17.3 Å². The first-order valence-electron chi connectivity index (χ1n) is 3.39. The number of nitrogens with zero attached hydrogens (tertiary/aromatic N) is 4. The number of aromatic amines is 1. The number of nitrogens with one attached hydrogen (secondary N) is 1. The van der Waals surface area contributed by atoms with Crippen LogP contribution in [0.2, 0.25) is 0 Å². The van der Waals surface area contributed by atoms with Crippen molar-refractivity contribution in [1.29, 1.82) is 0 Å². The van der Waals surface area contributed by atoms with Crippen LogP contribution in [0.5, 0.6) is 0 Å². The highest BCUT2D eigenvalue weighted by Gasteiger charge is 1.97. The zero-order valence-electron chi connectivity index (χ0n) is 6.34. The number of furan rings is 1. The van der Waals surface area contributed by atoms with Gasteiger partial charge in [0, 0.05) is 5.90 Å². The van der Waals surface area contributed by atoms with Crippen molar-refractivity contribution in [2.24, 2.45) is 4.99 Å². The lowest BCUT2D eigenvalue weighted by molar-refractivity contribution is -0.214. The maximum atomic E-state index is 11.2. The molecule has 2 rings (SSSR count). The second kappa shape index (κ2) is 3.05. The normalized spacial score (nSPS) is 11.8. The van der Waals surface area contributed by atoms with Crippen molar-refractivity contribution in [1.82, 2.24) is 20.6 Å². The lowest BCUT2D eigenvalue weighted by Crippen LogP contribution is -2.17. The Balaban J connectivity index is 2.27. The lowest BCUT2D eigenvalue weighted by atomic mass is 10.4. The smallest absolute Gasteiger partial charge is 0.288 e. The molecular formula is C6H4N5O2-. The fourth-order valence-electron chi connectivity index (χ4n) is 0.750. The van der Waals surface area contributed by atoms with Crippen LogP contribution in [0.3, 0.4) is 0 Å². The van der Waals surface area contributed by atoms with Crippen LogP contribution in [0.1, 0.15) is 5.76 Å². The summed E-state index contributed by atoms with van der Waals surface area (Å²) >= 11 is 0. The van der Waals surface area contributed by atoms with E-state index in [9.17, 15) is 5.11 Å². The summed E-state index contributed by atoms with van der Waals surface area (Å²) in [7, 11) is 0. The van der Waals surface area contributed by atoms with Crippen LogP contribution in [-0.2, 0) is 0 Å². The highest BCUT2D eigenvalue weighted by molar-refractivity contribution is 5.88. The molecule has 66 valence electrons. The molecule has 1 N–H and O–H groups in total. The summed E-state index contributed by atoms with van der Waals surface area (Å²) in [6, 6.07) is 3.10. The third-order valence-electron chi connectivity index (χ3n) is 1.27. The molecule has 2 heterocycles. The van der Waals surface area contributed by atoms with Crippen LogP contribution in [0, 0.1) is 0 Å². The molecule has 0 aromatic carbocycles. The topological polar surface area (TPSA) is 103 Å². The molecule has 0 atom stereocenters. The van der Waals surface area contributed by atoms with Gasteiger partial charge >= 0.3 is 0 Å². The third-order valence-corrected chi connectivity index (χ3v) is 1.27. The standard InChI is InChI=1S/C6H5N5O2/c12-5(4-2-1-3-13-4)7-6-8-10-11-9-6/h1-3H,(H2,7,8,9,10,11,12)/p-1. The van der Waals surface area contributed by atoms with Gasteiger partial charge in [-0.25, -0.2) is 4.99 Å². The van der Waals surface area contributed by atoms with Crippen molar-refractivity contribution in [2.45, 2.75) is 0 Å². The second-order valence-corrected chi connectivity index (χ2v) is 2.11. The van der Waals surface area contributed by atoms with Gasteiger partial charge in [-0.1, -0.05) is 5.10 Å². The Kier molecular flexibility index (Phi) is 1.75. The van der Waals surface area contributed by atoms with Crippen LogP contribution in [-0.4, -0.2) is 26.5 Å². The Hall–Kier alpha value is -2.18. The highest BCUT2D eigenvalue weighted by atomic mass is 16.4. The van der Waals surface area contributed by atoms with Crippen LogP contribution in [0.15, 0.2) is 27.8 Å². The number of aliphatic imine (C=N–C) groups is 1. The summed E-state index contributed by atoms with van der Waals surface area (Å²) < 4.78 is 4.81. The highest BCUT2D eigenvalue weighted by Crippen LogP contribution is 2.03. The molecule has 0 aliphatic heterocycles. The van der Waals surface area contributed by atoms with Gasteiger partial charge in [-0.2, -0.15) is 5.21 Å². The lowest BCUT2D eigenvalue weighted by Gasteiger charge is -2.03. The fraction of sp³-hybridized carbons (Fsp3) is 0. The van der Waals surface area contributed by atoms with Gasteiger partial charge in [-0.15, -0.1) is 5.10 Å². The van der Waals surface area contributed by atoms with Crippen LogP contribution >= 0.6 is 0 Å². The molecule has 7 nitrogen and oxygen atoms in total. The van der Waals surface area contributed by atoms with Crippen molar-refractivity contribution < 1.29 is 9.52 Å². The molecule has 13 heavy (non-hydrogen) atoms. The van der Waals surface area contributed by atoms with E-state index >= 15 is 0 Å². The van der Waals surface area contributed by atoms with E-state index in [0.29, 0.717) is 0 Å². The summed E-state index contributed by atoms with van der Waals surface area (Å²) in [4.78, 5) is 3.51.